The Bertz CT molecular complexity index is 516. The van der Waals surface area contributed by atoms with Gasteiger partial charge in [-0.05, 0) is 41.0 Å². The van der Waals surface area contributed by atoms with E-state index in [0.717, 1.165) is 48.7 Å². The molecule has 0 bridgehead atoms. The number of halogens is 1. The molecule has 2 aromatic rings. The van der Waals surface area contributed by atoms with Crippen LogP contribution < -0.4 is 10.2 Å². The maximum atomic E-state index is 4.58. The number of anilines is 1. The first-order valence-corrected chi connectivity index (χ1v) is 6.60. The summed E-state index contributed by atoms with van der Waals surface area (Å²) in [5, 5.41) is 7.89. The van der Waals surface area contributed by atoms with Crippen LogP contribution in [0.15, 0.2) is 22.8 Å². The first kappa shape index (κ1) is 11.0. The van der Waals surface area contributed by atoms with Crippen LogP contribution in [0, 0.1) is 0 Å². The van der Waals surface area contributed by atoms with Crippen molar-refractivity contribution in [3.8, 4) is 0 Å². The lowest BCUT2D eigenvalue weighted by Crippen LogP contribution is -2.28. The fourth-order valence-corrected chi connectivity index (χ4v) is 2.47. The lowest BCUT2D eigenvalue weighted by atomic mass is 10.4. The van der Waals surface area contributed by atoms with E-state index in [2.05, 4.69) is 36.2 Å². The molecule has 90 valence electrons. The van der Waals surface area contributed by atoms with Crippen molar-refractivity contribution in [2.75, 3.05) is 31.1 Å². The summed E-state index contributed by atoms with van der Waals surface area (Å²) in [7, 11) is 0. The molecule has 17 heavy (non-hydrogen) atoms. The molecule has 5 nitrogen and oxygen atoms in total. The number of hydrogen-bond donors (Lipinski definition) is 1. The molecule has 1 aliphatic heterocycles. The van der Waals surface area contributed by atoms with Crippen LogP contribution in [-0.2, 0) is 0 Å². The zero-order chi connectivity index (χ0) is 11.7. The van der Waals surface area contributed by atoms with Crippen LogP contribution in [0.1, 0.15) is 6.42 Å². The summed E-state index contributed by atoms with van der Waals surface area (Å²) in [6.45, 7) is 4.06. The average molecular weight is 296 g/mol. The Kier molecular flexibility index (Phi) is 2.98. The molecular formula is C11H14BrN5. The Labute approximate surface area is 108 Å². The van der Waals surface area contributed by atoms with Gasteiger partial charge in [-0.25, -0.2) is 4.52 Å². The number of aromatic nitrogens is 3. The minimum atomic E-state index is 0.820. The predicted molar refractivity (Wildman–Crippen MR) is 70.4 cm³/mol. The van der Waals surface area contributed by atoms with Crippen molar-refractivity contribution in [1.82, 2.24) is 19.9 Å². The highest BCUT2D eigenvalue weighted by Crippen LogP contribution is 2.18. The second kappa shape index (κ2) is 4.62. The largest absolute Gasteiger partial charge is 0.338 e. The van der Waals surface area contributed by atoms with Crippen LogP contribution in [0.3, 0.4) is 0 Å². The van der Waals surface area contributed by atoms with Gasteiger partial charge in [0.2, 0.25) is 5.95 Å². The van der Waals surface area contributed by atoms with E-state index in [1.807, 2.05) is 22.8 Å². The Balaban J connectivity index is 1.96. The third-order valence-electron chi connectivity index (χ3n) is 2.93. The van der Waals surface area contributed by atoms with Gasteiger partial charge in [0, 0.05) is 25.8 Å². The minimum Gasteiger partial charge on any atom is -0.338 e. The fourth-order valence-electron chi connectivity index (χ4n) is 2.04. The second-order valence-electron chi connectivity index (χ2n) is 4.13. The molecule has 1 N–H and O–H groups in total. The van der Waals surface area contributed by atoms with Crippen molar-refractivity contribution < 1.29 is 0 Å². The lowest BCUT2D eigenvalue weighted by molar-refractivity contribution is 0.724. The van der Waals surface area contributed by atoms with Crippen LogP contribution in [0.25, 0.3) is 5.65 Å². The van der Waals surface area contributed by atoms with E-state index in [1.54, 1.807) is 0 Å². The highest BCUT2D eigenvalue weighted by molar-refractivity contribution is 9.10. The number of nitrogens with one attached hydrogen (secondary N) is 1. The molecule has 1 fully saturated rings. The van der Waals surface area contributed by atoms with Gasteiger partial charge in [0.1, 0.15) is 0 Å². The van der Waals surface area contributed by atoms with Crippen molar-refractivity contribution in [1.29, 1.82) is 0 Å². The molecule has 6 heteroatoms. The summed E-state index contributed by atoms with van der Waals surface area (Å²) in [5.74, 6) is 0.820. The van der Waals surface area contributed by atoms with E-state index in [9.17, 15) is 0 Å². The third-order valence-corrected chi connectivity index (χ3v) is 3.55. The Hall–Kier alpha value is -1.14. The maximum Gasteiger partial charge on any atom is 0.245 e. The van der Waals surface area contributed by atoms with Crippen molar-refractivity contribution in [3.63, 3.8) is 0 Å². The van der Waals surface area contributed by atoms with Crippen molar-refractivity contribution in [3.05, 3.63) is 22.8 Å². The average Bonchev–Trinajstić information content (AvgIpc) is 2.59. The minimum absolute atomic E-state index is 0.820. The number of pyridine rings is 1. The molecule has 0 aliphatic carbocycles. The zero-order valence-electron chi connectivity index (χ0n) is 9.43. The summed E-state index contributed by atoms with van der Waals surface area (Å²) >= 11 is 3.50. The van der Waals surface area contributed by atoms with E-state index in [1.165, 1.54) is 0 Å². The topological polar surface area (TPSA) is 45.5 Å². The maximum absolute atomic E-state index is 4.58. The van der Waals surface area contributed by atoms with Gasteiger partial charge in [0.05, 0.1) is 4.47 Å². The molecule has 0 aromatic carbocycles. The van der Waals surface area contributed by atoms with Crippen LogP contribution >= 0.6 is 15.9 Å². The van der Waals surface area contributed by atoms with Gasteiger partial charge in [-0.3, -0.25) is 0 Å². The monoisotopic (exact) mass is 295 g/mol. The Morgan fingerprint density at radius 1 is 1.29 bits per heavy atom. The molecule has 3 rings (SSSR count). The van der Waals surface area contributed by atoms with E-state index >= 15 is 0 Å². The van der Waals surface area contributed by atoms with E-state index in [4.69, 9.17) is 0 Å². The fraction of sp³-hybridized carbons (Fsp3) is 0.455. The molecule has 0 unspecified atom stereocenters. The quantitative estimate of drug-likeness (QED) is 0.861. The molecular weight excluding hydrogens is 282 g/mol. The van der Waals surface area contributed by atoms with E-state index in [0.29, 0.717) is 0 Å². The zero-order valence-corrected chi connectivity index (χ0v) is 11.0. The summed E-state index contributed by atoms with van der Waals surface area (Å²) in [5.41, 5.74) is 0.875. The molecule has 3 heterocycles. The number of hydrogen-bond acceptors (Lipinski definition) is 4. The normalized spacial score (nSPS) is 17.4. The molecule has 2 aromatic heterocycles. The van der Waals surface area contributed by atoms with Crippen LogP contribution in [0.2, 0.25) is 0 Å². The molecule has 0 atom stereocenters. The molecule has 0 amide bonds. The van der Waals surface area contributed by atoms with E-state index in [-0.39, 0.29) is 0 Å². The Morgan fingerprint density at radius 3 is 3.12 bits per heavy atom. The predicted octanol–water partition coefficient (Wildman–Crippen LogP) is 1.29. The highest BCUT2D eigenvalue weighted by atomic mass is 79.9. The van der Waals surface area contributed by atoms with Gasteiger partial charge in [0.25, 0.3) is 0 Å². The summed E-state index contributed by atoms with van der Waals surface area (Å²) in [6, 6.07) is 3.94. The first-order valence-electron chi connectivity index (χ1n) is 5.81. The lowest BCUT2D eigenvalue weighted by Gasteiger charge is -2.16. The van der Waals surface area contributed by atoms with Crippen LogP contribution in [0.5, 0.6) is 0 Å². The number of fused-ring (bicyclic) bond motifs is 1. The molecule has 0 radical (unpaired) electrons. The van der Waals surface area contributed by atoms with Crippen molar-refractivity contribution in [2.45, 2.75) is 6.42 Å². The van der Waals surface area contributed by atoms with Crippen LogP contribution in [-0.4, -0.2) is 40.8 Å². The summed E-state index contributed by atoms with van der Waals surface area (Å²) in [4.78, 5) is 6.82. The van der Waals surface area contributed by atoms with Crippen molar-refractivity contribution in [2.24, 2.45) is 0 Å². The molecule has 1 aliphatic rings. The number of rotatable bonds is 1. The first-order chi connectivity index (χ1) is 8.34. The third kappa shape index (κ3) is 2.14. The summed E-state index contributed by atoms with van der Waals surface area (Å²) < 4.78 is 2.80. The van der Waals surface area contributed by atoms with Gasteiger partial charge in [-0.1, -0.05) is 0 Å². The van der Waals surface area contributed by atoms with Gasteiger partial charge < -0.3 is 10.2 Å². The van der Waals surface area contributed by atoms with Gasteiger partial charge >= 0.3 is 0 Å². The van der Waals surface area contributed by atoms with Gasteiger partial charge in [-0.2, -0.15) is 4.98 Å². The highest BCUT2D eigenvalue weighted by Gasteiger charge is 2.15. The smallest absolute Gasteiger partial charge is 0.245 e. The second-order valence-corrected chi connectivity index (χ2v) is 4.98. The van der Waals surface area contributed by atoms with Gasteiger partial charge in [0.15, 0.2) is 5.65 Å². The van der Waals surface area contributed by atoms with Crippen molar-refractivity contribution >= 4 is 27.5 Å². The summed E-state index contributed by atoms with van der Waals surface area (Å²) in [6.07, 6.45) is 3.06. The van der Waals surface area contributed by atoms with Gasteiger partial charge in [-0.15, -0.1) is 5.10 Å². The molecule has 1 saturated heterocycles. The Morgan fingerprint density at radius 2 is 2.24 bits per heavy atom. The van der Waals surface area contributed by atoms with E-state index < -0.39 is 0 Å². The molecule has 0 saturated carbocycles. The molecule has 0 spiro atoms. The van der Waals surface area contributed by atoms with Crippen LogP contribution in [0.4, 0.5) is 5.95 Å². The number of nitrogens with zero attached hydrogens (tertiary/aromatic N) is 4. The standard InChI is InChI=1S/C11H14BrN5/c12-9-3-1-7-17-10(9)14-11(15-17)16-6-2-4-13-5-8-16/h1,3,7,13H,2,4-6,8H2. The SMILES string of the molecule is Brc1cccn2nc(N3CCCNCC3)nc12.